The number of halogens is 2. The predicted octanol–water partition coefficient (Wildman–Crippen LogP) is 3.24. The maximum Gasteiger partial charge on any atom is 0.192 e. The zero-order valence-corrected chi connectivity index (χ0v) is 13.8. The molecule has 0 aliphatic carbocycles. The molecule has 0 saturated heterocycles. The standard InChI is InChI=1S/C15H17FINO2/c1-8(2)14(7-19)18-6-9(3)15(20)10-4-12(17)11(16)5-13(10)18/h4-6,8,14,19H,7H2,1-3H3/t14-/m1/s1. The number of hydrogen-bond donors (Lipinski definition) is 1. The molecule has 1 aromatic heterocycles. The Hall–Kier alpha value is -0.950. The van der Waals surface area contributed by atoms with Crippen molar-refractivity contribution in [2.45, 2.75) is 26.8 Å². The molecule has 2 aromatic rings. The van der Waals surface area contributed by atoms with Crippen LogP contribution in [0.4, 0.5) is 4.39 Å². The quantitative estimate of drug-likeness (QED) is 0.820. The summed E-state index contributed by atoms with van der Waals surface area (Å²) in [6.45, 7) is 5.67. The van der Waals surface area contributed by atoms with Crippen LogP contribution in [0.5, 0.6) is 0 Å². The molecule has 1 aromatic carbocycles. The molecule has 0 unspecified atom stereocenters. The Morgan fingerprint density at radius 2 is 2.05 bits per heavy atom. The molecular formula is C15H17FINO2. The van der Waals surface area contributed by atoms with Gasteiger partial charge in [0, 0.05) is 20.7 Å². The molecule has 5 heteroatoms. The summed E-state index contributed by atoms with van der Waals surface area (Å²) >= 11 is 1.88. The largest absolute Gasteiger partial charge is 0.394 e. The van der Waals surface area contributed by atoms with Crippen molar-refractivity contribution in [1.29, 1.82) is 0 Å². The van der Waals surface area contributed by atoms with Gasteiger partial charge in [-0.15, -0.1) is 0 Å². The maximum absolute atomic E-state index is 13.8. The van der Waals surface area contributed by atoms with E-state index in [1.807, 2.05) is 41.0 Å². The molecule has 3 nitrogen and oxygen atoms in total. The van der Waals surface area contributed by atoms with Crippen LogP contribution in [0.2, 0.25) is 0 Å². The van der Waals surface area contributed by atoms with E-state index in [1.165, 1.54) is 6.07 Å². The van der Waals surface area contributed by atoms with Gasteiger partial charge in [0.2, 0.25) is 0 Å². The van der Waals surface area contributed by atoms with Crippen molar-refractivity contribution in [2.24, 2.45) is 5.92 Å². The molecule has 108 valence electrons. The Kier molecular flexibility index (Phi) is 4.49. The SMILES string of the molecule is Cc1cn([C@H](CO)C(C)C)c2cc(F)c(I)cc2c1=O. The Labute approximate surface area is 130 Å². The molecule has 2 rings (SSSR count). The summed E-state index contributed by atoms with van der Waals surface area (Å²) < 4.78 is 16.1. The van der Waals surface area contributed by atoms with E-state index in [0.29, 0.717) is 20.0 Å². The van der Waals surface area contributed by atoms with Gasteiger partial charge >= 0.3 is 0 Å². The first kappa shape index (κ1) is 15.4. The van der Waals surface area contributed by atoms with Crippen molar-refractivity contribution < 1.29 is 9.50 Å². The van der Waals surface area contributed by atoms with Crippen LogP contribution < -0.4 is 5.43 Å². The van der Waals surface area contributed by atoms with Crippen LogP contribution in [0.3, 0.4) is 0 Å². The molecule has 0 amide bonds. The Bertz CT molecular complexity index is 709. The summed E-state index contributed by atoms with van der Waals surface area (Å²) in [7, 11) is 0. The second-order valence-electron chi connectivity index (χ2n) is 5.33. The average molecular weight is 389 g/mol. The first-order valence-corrected chi connectivity index (χ1v) is 7.56. The molecule has 1 atom stereocenters. The van der Waals surface area contributed by atoms with Crippen LogP contribution >= 0.6 is 22.6 Å². The number of benzene rings is 1. The summed E-state index contributed by atoms with van der Waals surface area (Å²) in [5.41, 5.74) is 1.04. The molecule has 0 bridgehead atoms. The lowest BCUT2D eigenvalue weighted by Gasteiger charge is -2.24. The van der Waals surface area contributed by atoms with Crippen molar-refractivity contribution in [3.8, 4) is 0 Å². The highest BCUT2D eigenvalue weighted by atomic mass is 127. The highest BCUT2D eigenvalue weighted by Crippen LogP contribution is 2.25. The number of aliphatic hydroxyl groups excluding tert-OH is 1. The third-order valence-electron chi connectivity index (χ3n) is 3.57. The summed E-state index contributed by atoms with van der Waals surface area (Å²) in [6, 6.07) is 2.77. The predicted molar refractivity (Wildman–Crippen MR) is 86.6 cm³/mol. The third kappa shape index (κ3) is 2.61. The van der Waals surface area contributed by atoms with Gasteiger partial charge in [-0.05, 0) is 47.6 Å². The lowest BCUT2D eigenvalue weighted by atomic mass is 10.0. The number of aryl methyl sites for hydroxylation is 1. The zero-order chi connectivity index (χ0) is 15.0. The number of pyridine rings is 1. The number of hydrogen-bond acceptors (Lipinski definition) is 2. The summed E-state index contributed by atoms with van der Waals surface area (Å²) in [5, 5.41) is 10.1. The van der Waals surface area contributed by atoms with E-state index < -0.39 is 0 Å². The van der Waals surface area contributed by atoms with E-state index in [9.17, 15) is 14.3 Å². The second-order valence-corrected chi connectivity index (χ2v) is 6.49. The van der Waals surface area contributed by atoms with Crippen LogP contribution in [0.1, 0.15) is 25.5 Å². The van der Waals surface area contributed by atoms with Gasteiger partial charge in [-0.2, -0.15) is 0 Å². The molecule has 0 aliphatic heterocycles. The van der Waals surface area contributed by atoms with E-state index in [4.69, 9.17) is 0 Å². The van der Waals surface area contributed by atoms with Gasteiger partial charge in [0.15, 0.2) is 5.43 Å². The molecule has 0 saturated carbocycles. The van der Waals surface area contributed by atoms with Gasteiger partial charge in [0.1, 0.15) is 5.82 Å². The second kappa shape index (κ2) is 5.81. The van der Waals surface area contributed by atoms with Gasteiger partial charge in [0.25, 0.3) is 0 Å². The highest BCUT2D eigenvalue weighted by Gasteiger charge is 2.18. The smallest absolute Gasteiger partial charge is 0.192 e. The van der Waals surface area contributed by atoms with Crippen LogP contribution in [0.15, 0.2) is 23.1 Å². The Morgan fingerprint density at radius 3 is 2.60 bits per heavy atom. The molecule has 20 heavy (non-hydrogen) atoms. The fourth-order valence-corrected chi connectivity index (χ4v) is 2.84. The maximum atomic E-state index is 13.8. The molecule has 0 aliphatic rings. The lowest BCUT2D eigenvalue weighted by molar-refractivity contribution is 0.195. The van der Waals surface area contributed by atoms with Crippen LogP contribution in [0.25, 0.3) is 10.9 Å². The van der Waals surface area contributed by atoms with Gasteiger partial charge in [0.05, 0.1) is 18.2 Å². The lowest BCUT2D eigenvalue weighted by Crippen LogP contribution is -2.23. The fraction of sp³-hybridized carbons (Fsp3) is 0.400. The molecule has 0 radical (unpaired) electrons. The number of rotatable bonds is 3. The van der Waals surface area contributed by atoms with Crippen molar-refractivity contribution in [3.05, 3.63) is 43.5 Å². The molecule has 0 spiro atoms. The molecule has 1 heterocycles. The zero-order valence-electron chi connectivity index (χ0n) is 11.7. The van der Waals surface area contributed by atoms with Crippen LogP contribution in [-0.2, 0) is 0 Å². The van der Waals surface area contributed by atoms with Crippen molar-refractivity contribution in [1.82, 2.24) is 4.57 Å². The Balaban J connectivity index is 2.88. The first-order chi connectivity index (χ1) is 9.36. The van der Waals surface area contributed by atoms with E-state index in [2.05, 4.69) is 0 Å². The molecular weight excluding hydrogens is 372 g/mol. The monoisotopic (exact) mass is 389 g/mol. The molecule has 1 N–H and O–H groups in total. The number of aromatic nitrogens is 1. The normalized spacial score (nSPS) is 13.2. The fourth-order valence-electron chi connectivity index (χ4n) is 2.38. The van der Waals surface area contributed by atoms with Crippen LogP contribution in [0, 0.1) is 22.2 Å². The first-order valence-electron chi connectivity index (χ1n) is 6.48. The minimum absolute atomic E-state index is 0.0529. The number of nitrogens with zero attached hydrogens (tertiary/aromatic N) is 1. The molecule has 0 fully saturated rings. The van der Waals surface area contributed by atoms with Crippen LogP contribution in [-0.4, -0.2) is 16.3 Å². The van der Waals surface area contributed by atoms with Gasteiger partial charge in [-0.3, -0.25) is 4.79 Å². The summed E-state index contributed by atoms with van der Waals surface area (Å²) in [6.07, 6.45) is 1.71. The number of aliphatic hydroxyl groups is 1. The minimum Gasteiger partial charge on any atom is -0.394 e. The topological polar surface area (TPSA) is 42.2 Å². The Morgan fingerprint density at radius 1 is 1.40 bits per heavy atom. The highest BCUT2D eigenvalue weighted by molar-refractivity contribution is 14.1. The van der Waals surface area contributed by atoms with E-state index in [1.54, 1.807) is 19.2 Å². The van der Waals surface area contributed by atoms with Gasteiger partial charge < -0.3 is 9.67 Å². The van der Waals surface area contributed by atoms with E-state index in [0.717, 1.165) is 0 Å². The average Bonchev–Trinajstić information content (AvgIpc) is 2.38. The summed E-state index contributed by atoms with van der Waals surface area (Å²) in [4.78, 5) is 12.2. The van der Waals surface area contributed by atoms with Crippen molar-refractivity contribution >= 4 is 33.5 Å². The summed E-state index contributed by atoms with van der Waals surface area (Å²) in [5.74, 6) is -0.178. The van der Waals surface area contributed by atoms with Gasteiger partial charge in [-0.1, -0.05) is 13.8 Å². The van der Waals surface area contributed by atoms with E-state index >= 15 is 0 Å². The number of fused-ring (bicyclic) bond motifs is 1. The third-order valence-corrected chi connectivity index (χ3v) is 4.39. The minimum atomic E-state index is -0.351. The van der Waals surface area contributed by atoms with Crippen molar-refractivity contribution in [3.63, 3.8) is 0 Å². The van der Waals surface area contributed by atoms with Gasteiger partial charge in [-0.25, -0.2) is 4.39 Å². The van der Waals surface area contributed by atoms with E-state index in [-0.39, 0.29) is 29.8 Å². The van der Waals surface area contributed by atoms with Crippen molar-refractivity contribution in [2.75, 3.05) is 6.61 Å².